The summed E-state index contributed by atoms with van der Waals surface area (Å²) in [5.41, 5.74) is 3.87. The highest BCUT2D eigenvalue weighted by molar-refractivity contribution is 5.99. The SMILES string of the molecule is CC(C)Nc1nccc2[nH]nc(-c3cc(C(C)C)n(C)n3)c12. The van der Waals surface area contributed by atoms with E-state index in [4.69, 9.17) is 0 Å². The van der Waals surface area contributed by atoms with Gasteiger partial charge in [-0.2, -0.15) is 10.2 Å². The molecule has 0 fully saturated rings. The van der Waals surface area contributed by atoms with Crippen LogP contribution in [0.2, 0.25) is 0 Å². The largest absolute Gasteiger partial charge is 0.367 e. The van der Waals surface area contributed by atoms with Gasteiger partial charge in [0.1, 0.15) is 17.2 Å². The topological polar surface area (TPSA) is 71.4 Å². The molecule has 0 saturated carbocycles. The molecule has 0 aliphatic heterocycles. The van der Waals surface area contributed by atoms with Crippen LogP contribution in [0, 0.1) is 0 Å². The first-order chi connectivity index (χ1) is 10.5. The van der Waals surface area contributed by atoms with Crippen LogP contribution in [-0.2, 0) is 7.05 Å². The lowest BCUT2D eigenvalue weighted by Crippen LogP contribution is -2.11. The van der Waals surface area contributed by atoms with E-state index in [1.165, 1.54) is 5.69 Å². The van der Waals surface area contributed by atoms with Crippen molar-refractivity contribution in [3.8, 4) is 11.4 Å². The maximum absolute atomic E-state index is 4.62. The summed E-state index contributed by atoms with van der Waals surface area (Å²) in [7, 11) is 1.97. The van der Waals surface area contributed by atoms with E-state index in [9.17, 15) is 0 Å². The predicted octanol–water partition coefficient (Wildman–Crippen LogP) is 3.30. The number of nitrogens with zero attached hydrogens (tertiary/aromatic N) is 4. The van der Waals surface area contributed by atoms with Gasteiger partial charge in [-0.1, -0.05) is 13.8 Å². The van der Waals surface area contributed by atoms with Crippen LogP contribution >= 0.6 is 0 Å². The van der Waals surface area contributed by atoms with Crippen molar-refractivity contribution in [1.29, 1.82) is 0 Å². The third kappa shape index (κ3) is 2.45. The summed E-state index contributed by atoms with van der Waals surface area (Å²) in [5, 5.41) is 16.5. The number of H-pyrrole nitrogens is 1. The molecule has 3 aromatic heterocycles. The van der Waals surface area contributed by atoms with Gasteiger partial charge in [0.05, 0.1) is 10.9 Å². The van der Waals surface area contributed by atoms with Crippen LogP contribution in [0.15, 0.2) is 18.3 Å². The Morgan fingerprint density at radius 3 is 2.64 bits per heavy atom. The number of hydrogen-bond donors (Lipinski definition) is 2. The van der Waals surface area contributed by atoms with Crippen LogP contribution in [0.25, 0.3) is 22.3 Å². The van der Waals surface area contributed by atoms with Gasteiger partial charge in [0.15, 0.2) is 0 Å². The van der Waals surface area contributed by atoms with Crippen LogP contribution in [0.4, 0.5) is 5.82 Å². The minimum atomic E-state index is 0.302. The summed E-state index contributed by atoms with van der Waals surface area (Å²) in [6.07, 6.45) is 1.78. The zero-order chi connectivity index (χ0) is 15.9. The molecule has 0 spiro atoms. The Bertz CT molecular complexity index is 796. The second-order valence-corrected chi connectivity index (χ2v) is 6.19. The molecule has 0 radical (unpaired) electrons. The van der Waals surface area contributed by atoms with E-state index >= 15 is 0 Å². The van der Waals surface area contributed by atoms with E-state index in [1.54, 1.807) is 6.20 Å². The molecule has 22 heavy (non-hydrogen) atoms. The molecule has 3 heterocycles. The van der Waals surface area contributed by atoms with E-state index in [0.29, 0.717) is 12.0 Å². The van der Waals surface area contributed by atoms with Crippen molar-refractivity contribution in [2.45, 2.75) is 39.7 Å². The van der Waals surface area contributed by atoms with Crippen molar-refractivity contribution in [2.24, 2.45) is 7.05 Å². The van der Waals surface area contributed by atoms with Crippen LogP contribution in [-0.4, -0.2) is 31.0 Å². The van der Waals surface area contributed by atoms with Gasteiger partial charge in [-0.15, -0.1) is 0 Å². The first-order valence-corrected chi connectivity index (χ1v) is 7.61. The number of aryl methyl sites for hydroxylation is 1. The number of anilines is 1. The summed E-state index contributed by atoms with van der Waals surface area (Å²) in [6, 6.07) is 4.34. The zero-order valence-corrected chi connectivity index (χ0v) is 13.7. The van der Waals surface area contributed by atoms with Gasteiger partial charge in [-0.25, -0.2) is 4.98 Å². The molecule has 3 aromatic rings. The molecule has 0 aromatic carbocycles. The number of fused-ring (bicyclic) bond motifs is 1. The molecule has 0 unspecified atom stereocenters. The molecule has 116 valence electrons. The summed E-state index contributed by atoms with van der Waals surface area (Å²) in [5.74, 6) is 1.26. The lowest BCUT2D eigenvalue weighted by atomic mass is 10.1. The molecule has 0 bridgehead atoms. The highest BCUT2D eigenvalue weighted by Gasteiger charge is 2.18. The minimum Gasteiger partial charge on any atom is -0.367 e. The number of aromatic nitrogens is 5. The Hall–Kier alpha value is -2.37. The molecule has 0 saturated heterocycles. The van der Waals surface area contributed by atoms with Crippen LogP contribution < -0.4 is 5.32 Å². The summed E-state index contributed by atoms with van der Waals surface area (Å²) < 4.78 is 1.92. The van der Waals surface area contributed by atoms with Crippen LogP contribution in [0.5, 0.6) is 0 Å². The normalized spacial score (nSPS) is 11.8. The fourth-order valence-corrected chi connectivity index (χ4v) is 2.67. The molecular formula is C16H22N6. The van der Waals surface area contributed by atoms with E-state index in [1.807, 2.05) is 17.8 Å². The molecular weight excluding hydrogens is 276 g/mol. The number of pyridine rings is 1. The second-order valence-electron chi connectivity index (χ2n) is 6.19. The molecule has 0 atom stereocenters. The Kier molecular flexibility index (Phi) is 3.60. The Labute approximate surface area is 129 Å². The predicted molar refractivity (Wildman–Crippen MR) is 88.9 cm³/mol. The van der Waals surface area contributed by atoms with E-state index in [2.05, 4.69) is 59.4 Å². The van der Waals surface area contributed by atoms with Crippen molar-refractivity contribution in [2.75, 3.05) is 5.32 Å². The standard InChI is InChI=1S/C16H22N6/c1-9(2)13-8-12(21-22(13)5)15-14-11(19-20-15)6-7-17-16(14)18-10(3)4/h6-10H,1-5H3,(H,17,18)(H,19,20). The van der Waals surface area contributed by atoms with Crippen molar-refractivity contribution in [1.82, 2.24) is 25.0 Å². The van der Waals surface area contributed by atoms with Gasteiger partial charge in [-0.3, -0.25) is 9.78 Å². The van der Waals surface area contributed by atoms with Crippen molar-refractivity contribution < 1.29 is 0 Å². The van der Waals surface area contributed by atoms with Gasteiger partial charge in [-0.05, 0) is 31.9 Å². The lowest BCUT2D eigenvalue weighted by Gasteiger charge is -2.10. The van der Waals surface area contributed by atoms with Gasteiger partial charge in [0.25, 0.3) is 0 Å². The second kappa shape index (κ2) is 5.44. The molecule has 0 aliphatic rings. The van der Waals surface area contributed by atoms with Gasteiger partial charge < -0.3 is 5.32 Å². The van der Waals surface area contributed by atoms with E-state index in [0.717, 1.165) is 28.1 Å². The average Bonchev–Trinajstić information content (AvgIpc) is 3.02. The smallest absolute Gasteiger partial charge is 0.137 e. The number of hydrogen-bond acceptors (Lipinski definition) is 4. The van der Waals surface area contributed by atoms with E-state index in [-0.39, 0.29) is 0 Å². The first-order valence-electron chi connectivity index (χ1n) is 7.61. The number of aromatic amines is 1. The van der Waals surface area contributed by atoms with Crippen LogP contribution in [0.3, 0.4) is 0 Å². The summed E-state index contributed by atoms with van der Waals surface area (Å²) in [4.78, 5) is 4.46. The van der Waals surface area contributed by atoms with Gasteiger partial charge in [0.2, 0.25) is 0 Å². The van der Waals surface area contributed by atoms with Gasteiger partial charge >= 0.3 is 0 Å². The number of nitrogens with one attached hydrogen (secondary N) is 2. The minimum absolute atomic E-state index is 0.302. The Balaban J connectivity index is 2.17. The molecule has 0 amide bonds. The van der Waals surface area contributed by atoms with Gasteiger partial charge in [0, 0.05) is 25.0 Å². The van der Waals surface area contributed by atoms with Crippen molar-refractivity contribution in [3.63, 3.8) is 0 Å². The molecule has 3 rings (SSSR count). The maximum atomic E-state index is 4.62. The molecule has 6 nitrogen and oxygen atoms in total. The highest BCUT2D eigenvalue weighted by Crippen LogP contribution is 2.31. The third-order valence-electron chi connectivity index (χ3n) is 3.65. The molecule has 6 heteroatoms. The maximum Gasteiger partial charge on any atom is 0.137 e. The fourth-order valence-electron chi connectivity index (χ4n) is 2.67. The monoisotopic (exact) mass is 298 g/mol. The molecule has 2 N–H and O–H groups in total. The van der Waals surface area contributed by atoms with Crippen LogP contribution in [0.1, 0.15) is 39.3 Å². The zero-order valence-electron chi connectivity index (χ0n) is 13.7. The lowest BCUT2D eigenvalue weighted by molar-refractivity contribution is 0.670. The fraction of sp³-hybridized carbons (Fsp3) is 0.438. The highest BCUT2D eigenvalue weighted by atomic mass is 15.3. The first kappa shape index (κ1) is 14.6. The summed E-state index contributed by atoms with van der Waals surface area (Å²) >= 11 is 0. The number of rotatable bonds is 4. The average molecular weight is 298 g/mol. The Morgan fingerprint density at radius 1 is 1.23 bits per heavy atom. The third-order valence-corrected chi connectivity index (χ3v) is 3.65. The van der Waals surface area contributed by atoms with Crippen molar-refractivity contribution >= 4 is 16.7 Å². The summed E-state index contributed by atoms with van der Waals surface area (Å²) in [6.45, 7) is 8.52. The molecule has 0 aliphatic carbocycles. The van der Waals surface area contributed by atoms with Crippen molar-refractivity contribution in [3.05, 3.63) is 24.0 Å². The Morgan fingerprint density at radius 2 is 2.00 bits per heavy atom. The van der Waals surface area contributed by atoms with E-state index < -0.39 is 0 Å². The quantitative estimate of drug-likeness (QED) is 0.775.